The first-order valence-corrected chi connectivity index (χ1v) is 7.01. The molecule has 0 radical (unpaired) electrons. The van der Waals surface area contributed by atoms with Crippen molar-refractivity contribution in [3.8, 4) is 0 Å². The molecule has 1 atom stereocenters. The number of benzene rings is 2. The molecule has 0 aliphatic rings. The third-order valence-electron chi connectivity index (χ3n) is 3.29. The van der Waals surface area contributed by atoms with E-state index < -0.39 is 0 Å². The fourth-order valence-electron chi connectivity index (χ4n) is 2.17. The molecule has 0 saturated heterocycles. The van der Waals surface area contributed by atoms with Crippen LogP contribution in [0.4, 0.5) is 0 Å². The number of aryl methyl sites for hydroxylation is 2. The second-order valence-electron chi connectivity index (χ2n) is 4.58. The van der Waals surface area contributed by atoms with Gasteiger partial charge in [0.2, 0.25) is 0 Å². The molecule has 2 aromatic carbocycles. The van der Waals surface area contributed by atoms with Crippen molar-refractivity contribution in [2.75, 3.05) is 0 Å². The van der Waals surface area contributed by atoms with Gasteiger partial charge in [0, 0.05) is 4.47 Å². The molecule has 0 heterocycles. The highest BCUT2D eigenvalue weighted by Crippen LogP contribution is 2.25. The SMILES string of the molecule is CCc1cccc(C(N)c2ccc(Br)cc2C)c1. The van der Waals surface area contributed by atoms with Crippen LogP contribution in [-0.4, -0.2) is 0 Å². The van der Waals surface area contributed by atoms with Gasteiger partial charge in [-0.3, -0.25) is 0 Å². The zero-order chi connectivity index (χ0) is 13.1. The summed E-state index contributed by atoms with van der Waals surface area (Å²) >= 11 is 3.48. The molecule has 0 fully saturated rings. The molecule has 0 saturated carbocycles. The van der Waals surface area contributed by atoms with Crippen LogP contribution in [0.1, 0.15) is 35.2 Å². The average Bonchev–Trinajstić information content (AvgIpc) is 2.38. The number of rotatable bonds is 3. The second-order valence-corrected chi connectivity index (χ2v) is 5.49. The van der Waals surface area contributed by atoms with Crippen LogP contribution in [-0.2, 0) is 6.42 Å². The molecule has 0 amide bonds. The highest BCUT2D eigenvalue weighted by molar-refractivity contribution is 9.10. The van der Waals surface area contributed by atoms with Gasteiger partial charge in [0.1, 0.15) is 0 Å². The van der Waals surface area contributed by atoms with Crippen LogP contribution in [0.15, 0.2) is 46.9 Å². The first-order valence-electron chi connectivity index (χ1n) is 6.22. The zero-order valence-corrected chi connectivity index (χ0v) is 12.4. The average molecular weight is 304 g/mol. The van der Waals surface area contributed by atoms with Gasteiger partial charge in [-0.15, -0.1) is 0 Å². The monoisotopic (exact) mass is 303 g/mol. The fraction of sp³-hybridized carbons (Fsp3) is 0.250. The predicted molar refractivity (Wildman–Crippen MR) is 80.7 cm³/mol. The Morgan fingerprint density at radius 1 is 1.17 bits per heavy atom. The molecule has 2 rings (SSSR count). The van der Waals surface area contributed by atoms with E-state index in [0.717, 1.165) is 10.9 Å². The maximum atomic E-state index is 6.38. The van der Waals surface area contributed by atoms with Crippen LogP contribution >= 0.6 is 15.9 Å². The molecular formula is C16H18BrN. The highest BCUT2D eigenvalue weighted by Gasteiger charge is 2.11. The van der Waals surface area contributed by atoms with Crippen LogP contribution in [0.2, 0.25) is 0 Å². The molecule has 2 heteroatoms. The summed E-state index contributed by atoms with van der Waals surface area (Å²) in [5.74, 6) is 0. The molecule has 2 N–H and O–H groups in total. The maximum absolute atomic E-state index is 6.38. The summed E-state index contributed by atoms with van der Waals surface area (Å²) < 4.78 is 1.10. The van der Waals surface area contributed by atoms with Crippen molar-refractivity contribution in [1.82, 2.24) is 0 Å². The molecule has 0 bridgehead atoms. The van der Waals surface area contributed by atoms with Gasteiger partial charge in [-0.2, -0.15) is 0 Å². The second kappa shape index (κ2) is 5.68. The van der Waals surface area contributed by atoms with Crippen LogP contribution in [0, 0.1) is 6.92 Å². The van der Waals surface area contributed by atoms with Crippen molar-refractivity contribution in [1.29, 1.82) is 0 Å². The van der Waals surface area contributed by atoms with Gasteiger partial charge in [-0.05, 0) is 47.7 Å². The lowest BCUT2D eigenvalue weighted by atomic mass is 9.94. The molecule has 1 nitrogen and oxygen atoms in total. The van der Waals surface area contributed by atoms with Crippen molar-refractivity contribution in [2.24, 2.45) is 5.73 Å². The molecule has 2 aromatic rings. The summed E-state index contributed by atoms with van der Waals surface area (Å²) in [6.07, 6.45) is 1.04. The largest absolute Gasteiger partial charge is 0.320 e. The quantitative estimate of drug-likeness (QED) is 0.895. The Bertz CT molecular complexity index is 549. The lowest BCUT2D eigenvalue weighted by molar-refractivity contribution is 0.857. The van der Waals surface area contributed by atoms with Crippen LogP contribution in [0.25, 0.3) is 0 Å². The van der Waals surface area contributed by atoms with Gasteiger partial charge >= 0.3 is 0 Å². The third-order valence-corrected chi connectivity index (χ3v) is 3.78. The third kappa shape index (κ3) is 2.82. The van der Waals surface area contributed by atoms with E-state index in [1.54, 1.807) is 0 Å². The van der Waals surface area contributed by atoms with E-state index in [9.17, 15) is 0 Å². The van der Waals surface area contributed by atoms with E-state index in [-0.39, 0.29) is 6.04 Å². The lowest BCUT2D eigenvalue weighted by Gasteiger charge is -2.16. The summed E-state index contributed by atoms with van der Waals surface area (Å²) in [6.45, 7) is 4.26. The van der Waals surface area contributed by atoms with E-state index in [1.807, 2.05) is 6.07 Å². The normalized spacial score (nSPS) is 12.4. The number of nitrogens with two attached hydrogens (primary N) is 1. The fourth-order valence-corrected chi connectivity index (χ4v) is 2.65. The van der Waals surface area contributed by atoms with Crippen molar-refractivity contribution in [2.45, 2.75) is 26.3 Å². The Morgan fingerprint density at radius 2 is 1.94 bits per heavy atom. The van der Waals surface area contributed by atoms with E-state index in [4.69, 9.17) is 5.73 Å². The lowest BCUT2D eigenvalue weighted by Crippen LogP contribution is -2.13. The first-order chi connectivity index (χ1) is 8.61. The molecule has 0 aromatic heterocycles. The summed E-state index contributed by atoms with van der Waals surface area (Å²) in [5, 5.41) is 0. The standard InChI is InChI=1S/C16H18BrN/c1-3-12-5-4-6-13(10-12)16(18)15-8-7-14(17)9-11(15)2/h4-10,16H,3,18H2,1-2H3. The Balaban J connectivity index is 2.37. The highest BCUT2D eigenvalue weighted by atomic mass is 79.9. The number of halogens is 1. The van der Waals surface area contributed by atoms with Crippen molar-refractivity contribution in [3.63, 3.8) is 0 Å². The minimum absolute atomic E-state index is 0.0513. The number of hydrogen-bond acceptors (Lipinski definition) is 1. The summed E-state index contributed by atoms with van der Waals surface area (Å²) in [5.41, 5.74) is 11.3. The number of hydrogen-bond donors (Lipinski definition) is 1. The van der Waals surface area contributed by atoms with Gasteiger partial charge in [0.15, 0.2) is 0 Å². The zero-order valence-electron chi connectivity index (χ0n) is 10.8. The van der Waals surface area contributed by atoms with Crippen molar-refractivity contribution < 1.29 is 0 Å². The van der Waals surface area contributed by atoms with E-state index in [1.165, 1.54) is 22.3 Å². The molecular weight excluding hydrogens is 286 g/mol. The Labute approximate surface area is 117 Å². The van der Waals surface area contributed by atoms with Gasteiger partial charge in [0.25, 0.3) is 0 Å². The van der Waals surface area contributed by atoms with Gasteiger partial charge in [-0.1, -0.05) is 53.2 Å². The van der Waals surface area contributed by atoms with Crippen molar-refractivity contribution in [3.05, 3.63) is 69.2 Å². The van der Waals surface area contributed by atoms with E-state index in [2.05, 4.69) is 66.2 Å². The minimum atomic E-state index is -0.0513. The topological polar surface area (TPSA) is 26.0 Å². The summed E-state index contributed by atoms with van der Waals surface area (Å²) in [7, 11) is 0. The van der Waals surface area contributed by atoms with Crippen molar-refractivity contribution >= 4 is 15.9 Å². The predicted octanol–water partition coefficient (Wildman–Crippen LogP) is 4.37. The molecule has 0 aliphatic carbocycles. The Kier molecular flexibility index (Phi) is 4.20. The summed E-state index contributed by atoms with van der Waals surface area (Å²) in [4.78, 5) is 0. The minimum Gasteiger partial charge on any atom is -0.320 e. The smallest absolute Gasteiger partial charge is 0.0554 e. The molecule has 18 heavy (non-hydrogen) atoms. The molecule has 1 unspecified atom stereocenters. The van der Waals surface area contributed by atoms with Gasteiger partial charge < -0.3 is 5.73 Å². The Hall–Kier alpha value is -1.12. The van der Waals surface area contributed by atoms with E-state index >= 15 is 0 Å². The molecule has 0 aliphatic heterocycles. The van der Waals surface area contributed by atoms with Crippen LogP contribution in [0.5, 0.6) is 0 Å². The molecule has 94 valence electrons. The van der Waals surface area contributed by atoms with Crippen LogP contribution in [0.3, 0.4) is 0 Å². The molecule has 0 spiro atoms. The van der Waals surface area contributed by atoms with Gasteiger partial charge in [0.05, 0.1) is 6.04 Å². The first kappa shape index (κ1) is 13.3. The van der Waals surface area contributed by atoms with E-state index in [0.29, 0.717) is 0 Å². The maximum Gasteiger partial charge on any atom is 0.0554 e. The van der Waals surface area contributed by atoms with Gasteiger partial charge in [-0.25, -0.2) is 0 Å². The van der Waals surface area contributed by atoms with Crippen LogP contribution < -0.4 is 5.73 Å². The Morgan fingerprint density at radius 3 is 2.61 bits per heavy atom. The summed E-state index contributed by atoms with van der Waals surface area (Å²) in [6, 6.07) is 14.7.